The van der Waals surface area contributed by atoms with E-state index in [2.05, 4.69) is 29.5 Å². The van der Waals surface area contributed by atoms with Gasteiger partial charge >= 0.3 is 0 Å². The Morgan fingerprint density at radius 1 is 1.31 bits per heavy atom. The van der Waals surface area contributed by atoms with Crippen molar-refractivity contribution in [3.8, 4) is 0 Å². The van der Waals surface area contributed by atoms with E-state index in [1.807, 2.05) is 0 Å². The molecule has 0 aromatic rings. The van der Waals surface area contributed by atoms with E-state index in [4.69, 9.17) is 14.5 Å². The Labute approximate surface area is 159 Å². The Bertz CT molecular complexity index is 465. The number of nitrogens with zero attached hydrogens (tertiary/aromatic N) is 2. The quantitative estimate of drug-likeness (QED) is 0.371. The number of guanidine groups is 1. The van der Waals surface area contributed by atoms with Crippen molar-refractivity contribution in [3.05, 3.63) is 0 Å². The molecule has 6 nitrogen and oxygen atoms in total. The summed E-state index contributed by atoms with van der Waals surface area (Å²) in [6.07, 6.45) is 8.10. The first-order chi connectivity index (χ1) is 12.7. The molecule has 1 aliphatic heterocycles. The molecule has 150 valence electrons. The van der Waals surface area contributed by atoms with E-state index < -0.39 is 0 Å². The van der Waals surface area contributed by atoms with Crippen molar-refractivity contribution >= 4 is 5.96 Å². The van der Waals surface area contributed by atoms with Gasteiger partial charge in [0.05, 0.1) is 12.6 Å². The Kier molecular flexibility index (Phi) is 7.18. The average Bonchev–Trinajstić information content (AvgIpc) is 3.28. The summed E-state index contributed by atoms with van der Waals surface area (Å²) in [5.41, 5.74) is 0.369. The van der Waals surface area contributed by atoms with Crippen LogP contribution in [0.25, 0.3) is 0 Å². The molecule has 3 atom stereocenters. The predicted octanol–water partition coefficient (Wildman–Crippen LogP) is 1.86. The van der Waals surface area contributed by atoms with E-state index in [-0.39, 0.29) is 0 Å². The van der Waals surface area contributed by atoms with Crippen LogP contribution in [-0.2, 0) is 9.47 Å². The molecule has 1 heterocycles. The topological polar surface area (TPSA) is 58.1 Å². The zero-order valence-electron chi connectivity index (χ0n) is 16.9. The van der Waals surface area contributed by atoms with Crippen LogP contribution in [0.5, 0.6) is 0 Å². The molecule has 1 spiro atoms. The Hall–Kier alpha value is -0.850. The maximum absolute atomic E-state index is 6.10. The van der Waals surface area contributed by atoms with Crippen molar-refractivity contribution in [1.82, 2.24) is 15.5 Å². The van der Waals surface area contributed by atoms with E-state index >= 15 is 0 Å². The van der Waals surface area contributed by atoms with Crippen LogP contribution < -0.4 is 10.6 Å². The number of likely N-dealkylation sites (N-methyl/N-ethyl adjacent to an activating group) is 1. The van der Waals surface area contributed by atoms with Crippen LogP contribution in [-0.4, -0.2) is 76.6 Å². The van der Waals surface area contributed by atoms with Crippen molar-refractivity contribution in [2.45, 2.75) is 57.6 Å². The summed E-state index contributed by atoms with van der Waals surface area (Å²) in [7, 11) is 3.92. The van der Waals surface area contributed by atoms with Gasteiger partial charge in [0.1, 0.15) is 0 Å². The van der Waals surface area contributed by atoms with Crippen LogP contribution in [0, 0.1) is 11.3 Å². The molecular weight excluding hydrogens is 328 g/mol. The Balaban J connectivity index is 1.52. The summed E-state index contributed by atoms with van der Waals surface area (Å²) in [5.74, 6) is 1.66. The number of ether oxygens (including phenoxy) is 2. The summed E-state index contributed by atoms with van der Waals surface area (Å²) in [4.78, 5) is 7.18. The summed E-state index contributed by atoms with van der Waals surface area (Å²) in [5, 5.41) is 7.26. The first-order valence-corrected chi connectivity index (χ1v) is 10.5. The second kappa shape index (κ2) is 9.38. The van der Waals surface area contributed by atoms with Crippen LogP contribution in [0.3, 0.4) is 0 Å². The average molecular weight is 367 g/mol. The zero-order chi connectivity index (χ0) is 18.4. The fraction of sp³-hybridized carbons (Fsp3) is 0.950. The zero-order valence-corrected chi connectivity index (χ0v) is 16.9. The van der Waals surface area contributed by atoms with Crippen LogP contribution in [0.2, 0.25) is 0 Å². The van der Waals surface area contributed by atoms with Crippen LogP contribution in [0.1, 0.15) is 45.4 Å². The maximum Gasteiger partial charge on any atom is 0.191 e. The Morgan fingerprint density at radius 2 is 2.12 bits per heavy atom. The van der Waals surface area contributed by atoms with Crippen molar-refractivity contribution in [1.29, 1.82) is 0 Å². The highest BCUT2D eigenvalue weighted by atomic mass is 16.5. The lowest BCUT2D eigenvalue weighted by molar-refractivity contribution is -0.125. The summed E-state index contributed by atoms with van der Waals surface area (Å²) >= 11 is 0. The highest BCUT2D eigenvalue weighted by Crippen LogP contribution is 2.60. The molecule has 26 heavy (non-hydrogen) atoms. The third kappa shape index (κ3) is 4.18. The molecule has 3 rings (SSSR count). The lowest BCUT2D eigenvalue weighted by Gasteiger charge is -2.57. The molecule has 2 N–H and O–H groups in total. The molecule has 2 aliphatic carbocycles. The number of nitrogens with one attached hydrogen (secondary N) is 2. The van der Waals surface area contributed by atoms with Crippen molar-refractivity contribution in [3.63, 3.8) is 0 Å². The van der Waals surface area contributed by atoms with Gasteiger partial charge < -0.3 is 25.0 Å². The van der Waals surface area contributed by atoms with Gasteiger partial charge in [-0.05, 0) is 39.7 Å². The first kappa shape index (κ1) is 19.9. The number of aliphatic imine (C=N–C) groups is 1. The second-order valence-electron chi connectivity index (χ2n) is 8.22. The molecular formula is C20H38N4O2. The van der Waals surface area contributed by atoms with Gasteiger partial charge in [-0.15, -0.1) is 0 Å². The van der Waals surface area contributed by atoms with E-state index in [1.54, 1.807) is 7.11 Å². The van der Waals surface area contributed by atoms with Crippen LogP contribution in [0.4, 0.5) is 0 Å². The molecule has 0 bridgehead atoms. The first-order valence-electron chi connectivity index (χ1n) is 10.5. The van der Waals surface area contributed by atoms with Crippen molar-refractivity contribution in [2.24, 2.45) is 16.3 Å². The van der Waals surface area contributed by atoms with Gasteiger partial charge in [-0.1, -0.05) is 12.8 Å². The van der Waals surface area contributed by atoms with E-state index in [9.17, 15) is 0 Å². The number of rotatable bonds is 9. The van der Waals surface area contributed by atoms with E-state index in [1.165, 1.54) is 32.1 Å². The molecule has 3 fully saturated rings. The SMILES string of the molecule is CCNC(=NCCN(C)CCCOC)NC1C2CCOC2C12CCCC2. The smallest absolute Gasteiger partial charge is 0.191 e. The van der Waals surface area contributed by atoms with Crippen molar-refractivity contribution < 1.29 is 9.47 Å². The normalized spacial score (nSPS) is 29.8. The van der Waals surface area contributed by atoms with E-state index in [0.29, 0.717) is 23.5 Å². The summed E-state index contributed by atoms with van der Waals surface area (Å²) < 4.78 is 11.2. The van der Waals surface area contributed by atoms with Crippen molar-refractivity contribution in [2.75, 3.05) is 53.6 Å². The maximum atomic E-state index is 6.10. The van der Waals surface area contributed by atoms with Gasteiger partial charge in [-0.3, -0.25) is 4.99 Å². The lowest BCUT2D eigenvalue weighted by atomic mass is 9.54. The monoisotopic (exact) mass is 366 g/mol. The molecule has 3 unspecified atom stereocenters. The number of fused-ring (bicyclic) bond motifs is 2. The number of hydrogen-bond acceptors (Lipinski definition) is 4. The standard InChI is InChI=1S/C20H38N4O2/c1-4-21-19(22-11-13-24(2)12-7-14-25-3)23-17-16-8-15-26-18(16)20(17)9-5-6-10-20/h16-18H,4-15H2,1-3H3,(H2,21,22,23). The molecule has 2 saturated carbocycles. The third-order valence-electron chi connectivity index (χ3n) is 6.56. The summed E-state index contributed by atoms with van der Waals surface area (Å²) in [6.45, 7) is 7.66. The fourth-order valence-corrected chi connectivity index (χ4v) is 5.29. The van der Waals surface area contributed by atoms with Crippen LogP contribution in [0.15, 0.2) is 4.99 Å². The minimum atomic E-state index is 0.369. The van der Waals surface area contributed by atoms with Crippen LogP contribution >= 0.6 is 0 Å². The Morgan fingerprint density at radius 3 is 2.85 bits per heavy atom. The number of hydrogen-bond donors (Lipinski definition) is 2. The summed E-state index contributed by atoms with van der Waals surface area (Å²) in [6, 6.07) is 0.537. The van der Waals surface area contributed by atoms with Gasteiger partial charge in [-0.25, -0.2) is 0 Å². The highest BCUT2D eigenvalue weighted by Gasteiger charge is 2.65. The predicted molar refractivity (Wildman–Crippen MR) is 106 cm³/mol. The van der Waals surface area contributed by atoms with E-state index in [0.717, 1.165) is 51.8 Å². The molecule has 0 aromatic carbocycles. The van der Waals surface area contributed by atoms with Gasteiger partial charge in [-0.2, -0.15) is 0 Å². The molecule has 3 aliphatic rings. The van der Waals surface area contributed by atoms with Gasteiger partial charge in [0.25, 0.3) is 0 Å². The molecule has 0 amide bonds. The minimum absolute atomic E-state index is 0.369. The minimum Gasteiger partial charge on any atom is -0.385 e. The largest absolute Gasteiger partial charge is 0.385 e. The lowest BCUT2D eigenvalue weighted by Crippen LogP contribution is -2.69. The highest BCUT2D eigenvalue weighted by molar-refractivity contribution is 5.80. The molecule has 0 radical (unpaired) electrons. The third-order valence-corrected chi connectivity index (χ3v) is 6.56. The fourth-order valence-electron chi connectivity index (χ4n) is 5.29. The number of methoxy groups -OCH3 is 1. The van der Waals surface area contributed by atoms with Gasteiger partial charge in [0.15, 0.2) is 5.96 Å². The molecule has 0 aromatic heterocycles. The second-order valence-corrected chi connectivity index (χ2v) is 8.22. The molecule has 6 heteroatoms. The van der Waals surface area contributed by atoms with Gasteiger partial charge in [0, 0.05) is 57.3 Å². The van der Waals surface area contributed by atoms with Gasteiger partial charge in [0.2, 0.25) is 0 Å². The molecule has 1 saturated heterocycles.